The SMILES string of the molecule is CCc1cc(CNC(=O)c2coc(COc3ccccc3F)n2)on1. The number of oxazole rings is 1. The van der Waals surface area contributed by atoms with Crippen LogP contribution in [0.15, 0.2) is 45.5 Å². The van der Waals surface area contributed by atoms with Crippen LogP contribution in [0.2, 0.25) is 0 Å². The van der Waals surface area contributed by atoms with Crippen LogP contribution in [0.25, 0.3) is 0 Å². The summed E-state index contributed by atoms with van der Waals surface area (Å²) in [4.78, 5) is 16.1. The van der Waals surface area contributed by atoms with Crippen LogP contribution in [0.4, 0.5) is 4.39 Å². The fourth-order valence-corrected chi connectivity index (χ4v) is 2.05. The number of nitrogens with one attached hydrogen (secondary N) is 1. The fraction of sp³-hybridized carbons (Fsp3) is 0.235. The van der Waals surface area contributed by atoms with Crippen molar-refractivity contribution in [3.8, 4) is 5.75 Å². The lowest BCUT2D eigenvalue weighted by Crippen LogP contribution is -2.23. The van der Waals surface area contributed by atoms with Crippen molar-refractivity contribution < 1.29 is 22.9 Å². The van der Waals surface area contributed by atoms with Gasteiger partial charge in [-0.15, -0.1) is 0 Å². The van der Waals surface area contributed by atoms with Gasteiger partial charge in [0, 0.05) is 6.07 Å². The number of hydrogen-bond acceptors (Lipinski definition) is 6. The van der Waals surface area contributed by atoms with Crippen LogP contribution in [-0.4, -0.2) is 16.0 Å². The van der Waals surface area contributed by atoms with Gasteiger partial charge in [0.1, 0.15) is 6.26 Å². The van der Waals surface area contributed by atoms with Crippen molar-refractivity contribution in [2.24, 2.45) is 0 Å². The number of halogens is 1. The van der Waals surface area contributed by atoms with Crippen molar-refractivity contribution in [2.45, 2.75) is 26.5 Å². The predicted molar refractivity (Wildman–Crippen MR) is 84.3 cm³/mol. The second-order valence-electron chi connectivity index (χ2n) is 5.17. The minimum absolute atomic E-state index is 0.0868. The van der Waals surface area contributed by atoms with Gasteiger partial charge in [-0.2, -0.15) is 0 Å². The van der Waals surface area contributed by atoms with Crippen LogP contribution in [-0.2, 0) is 19.6 Å². The molecule has 0 saturated heterocycles. The normalized spacial score (nSPS) is 10.6. The minimum Gasteiger partial charge on any atom is -0.481 e. The molecule has 0 bridgehead atoms. The van der Waals surface area contributed by atoms with E-state index in [1.807, 2.05) is 6.92 Å². The molecule has 0 aliphatic heterocycles. The van der Waals surface area contributed by atoms with E-state index in [1.165, 1.54) is 18.4 Å². The highest BCUT2D eigenvalue weighted by atomic mass is 19.1. The summed E-state index contributed by atoms with van der Waals surface area (Å²) in [6.45, 7) is 2.07. The number of amides is 1. The summed E-state index contributed by atoms with van der Waals surface area (Å²) >= 11 is 0. The van der Waals surface area contributed by atoms with Gasteiger partial charge in [-0.1, -0.05) is 24.2 Å². The Balaban J connectivity index is 1.53. The zero-order valence-corrected chi connectivity index (χ0v) is 13.5. The largest absolute Gasteiger partial charge is 0.481 e. The summed E-state index contributed by atoms with van der Waals surface area (Å²) in [6.07, 6.45) is 1.97. The first-order valence-electron chi connectivity index (χ1n) is 7.70. The highest BCUT2D eigenvalue weighted by Crippen LogP contribution is 2.17. The van der Waals surface area contributed by atoms with Crippen LogP contribution in [0.1, 0.15) is 34.8 Å². The van der Waals surface area contributed by atoms with Crippen molar-refractivity contribution in [3.05, 3.63) is 65.5 Å². The van der Waals surface area contributed by atoms with E-state index >= 15 is 0 Å². The molecule has 0 saturated carbocycles. The monoisotopic (exact) mass is 345 g/mol. The van der Waals surface area contributed by atoms with E-state index in [0.717, 1.165) is 12.1 Å². The van der Waals surface area contributed by atoms with Gasteiger partial charge in [0.25, 0.3) is 5.91 Å². The van der Waals surface area contributed by atoms with Gasteiger partial charge < -0.3 is 19.0 Å². The van der Waals surface area contributed by atoms with Crippen LogP contribution in [0.5, 0.6) is 5.75 Å². The zero-order chi connectivity index (χ0) is 17.6. The Morgan fingerprint density at radius 2 is 2.20 bits per heavy atom. The number of carbonyl (C=O) groups excluding carboxylic acids is 1. The molecule has 1 amide bonds. The van der Waals surface area contributed by atoms with Crippen molar-refractivity contribution >= 4 is 5.91 Å². The number of benzene rings is 1. The zero-order valence-electron chi connectivity index (χ0n) is 13.5. The molecule has 1 N–H and O–H groups in total. The Labute approximate surface area is 142 Å². The smallest absolute Gasteiger partial charge is 0.273 e. The molecular weight excluding hydrogens is 329 g/mol. The third-order valence-corrected chi connectivity index (χ3v) is 3.37. The Bertz CT molecular complexity index is 859. The van der Waals surface area contributed by atoms with Crippen LogP contribution in [0, 0.1) is 5.82 Å². The first kappa shape index (κ1) is 16.7. The number of para-hydroxylation sites is 1. The maximum Gasteiger partial charge on any atom is 0.273 e. The number of hydrogen-bond donors (Lipinski definition) is 1. The maximum atomic E-state index is 13.5. The topological polar surface area (TPSA) is 90.4 Å². The van der Waals surface area contributed by atoms with Crippen molar-refractivity contribution in [1.82, 2.24) is 15.5 Å². The first-order valence-corrected chi connectivity index (χ1v) is 7.70. The molecule has 0 spiro atoms. The fourth-order valence-electron chi connectivity index (χ4n) is 2.05. The quantitative estimate of drug-likeness (QED) is 0.708. The third kappa shape index (κ3) is 4.23. The second kappa shape index (κ2) is 7.61. The maximum absolute atomic E-state index is 13.5. The predicted octanol–water partition coefficient (Wildman–Crippen LogP) is 2.87. The van der Waals surface area contributed by atoms with Gasteiger partial charge >= 0.3 is 0 Å². The third-order valence-electron chi connectivity index (χ3n) is 3.37. The van der Waals surface area contributed by atoms with Crippen LogP contribution in [0.3, 0.4) is 0 Å². The molecule has 0 atom stereocenters. The number of carbonyl (C=O) groups is 1. The molecule has 1 aromatic carbocycles. The summed E-state index contributed by atoms with van der Waals surface area (Å²) in [5, 5.41) is 6.50. The number of aromatic nitrogens is 2. The summed E-state index contributed by atoms with van der Waals surface area (Å²) in [5.41, 5.74) is 0.917. The molecule has 7 nitrogen and oxygen atoms in total. The molecule has 0 radical (unpaired) electrons. The van der Waals surface area contributed by atoms with Gasteiger partial charge in [-0.25, -0.2) is 9.37 Å². The van der Waals surface area contributed by atoms with E-state index < -0.39 is 11.7 Å². The van der Waals surface area contributed by atoms with Gasteiger partial charge in [-0.05, 0) is 18.6 Å². The lowest BCUT2D eigenvalue weighted by atomic mass is 10.3. The molecule has 8 heteroatoms. The molecule has 25 heavy (non-hydrogen) atoms. The van der Waals surface area contributed by atoms with Crippen molar-refractivity contribution in [2.75, 3.05) is 0 Å². The average Bonchev–Trinajstić information content (AvgIpc) is 3.28. The number of nitrogens with zero attached hydrogens (tertiary/aromatic N) is 2. The standard InChI is InChI=1S/C17H16FN3O4/c1-2-11-7-12(25-21-11)8-19-17(22)14-9-24-16(20-14)10-23-15-6-4-3-5-13(15)18/h3-7,9H,2,8,10H2,1H3,(H,19,22). The van der Waals surface area contributed by atoms with E-state index in [4.69, 9.17) is 13.7 Å². The Morgan fingerprint density at radius 1 is 1.36 bits per heavy atom. The number of ether oxygens (including phenoxy) is 1. The molecule has 3 aromatic rings. The summed E-state index contributed by atoms with van der Waals surface area (Å²) < 4.78 is 29.0. The molecule has 0 unspecified atom stereocenters. The van der Waals surface area contributed by atoms with Crippen LogP contribution >= 0.6 is 0 Å². The molecule has 3 rings (SSSR count). The van der Waals surface area contributed by atoms with Gasteiger partial charge in [0.2, 0.25) is 5.89 Å². The van der Waals surface area contributed by atoms with E-state index in [2.05, 4.69) is 15.5 Å². The highest BCUT2D eigenvalue weighted by Gasteiger charge is 2.14. The molecule has 2 aromatic heterocycles. The first-order chi connectivity index (χ1) is 12.2. The Morgan fingerprint density at radius 3 is 2.96 bits per heavy atom. The van der Waals surface area contributed by atoms with E-state index in [-0.39, 0.29) is 30.5 Å². The lowest BCUT2D eigenvalue weighted by molar-refractivity contribution is 0.0942. The molecule has 0 aliphatic carbocycles. The Kier molecular flexibility index (Phi) is 5.08. The molecule has 2 heterocycles. The van der Waals surface area contributed by atoms with Gasteiger partial charge in [0.15, 0.2) is 29.6 Å². The van der Waals surface area contributed by atoms with Crippen LogP contribution < -0.4 is 10.1 Å². The summed E-state index contributed by atoms with van der Waals surface area (Å²) in [5.74, 6) is -0.0947. The lowest BCUT2D eigenvalue weighted by Gasteiger charge is -2.03. The number of rotatable bonds is 7. The van der Waals surface area contributed by atoms with E-state index in [0.29, 0.717) is 5.76 Å². The summed E-state index contributed by atoms with van der Waals surface area (Å²) in [7, 11) is 0. The Hall–Kier alpha value is -3.16. The van der Waals surface area contributed by atoms with Gasteiger partial charge in [-0.3, -0.25) is 4.79 Å². The minimum atomic E-state index is -0.481. The molecular formula is C17H16FN3O4. The van der Waals surface area contributed by atoms with E-state index in [1.54, 1.807) is 18.2 Å². The van der Waals surface area contributed by atoms with Crippen molar-refractivity contribution in [1.29, 1.82) is 0 Å². The molecule has 0 aliphatic rings. The van der Waals surface area contributed by atoms with E-state index in [9.17, 15) is 9.18 Å². The summed E-state index contributed by atoms with van der Waals surface area (Å²) in [6, 6.07) is 7.77. The number of aryl methyl sites for hydroxylation is 1. The molecule has 130 valence electrons. The molecule has 0 fully saturated rings. The second-order valence-corrected chi connectivity index (χ2v) is 5.17. The van der Waals surface area contributed by atoms with Crippen molar-refractivity contribution in [3.63, 3.8) is 0 Å². The highest BCUT2D eigenvalue weighted by molar-refractivity contribution is 5.91. The van der Waals surface area contributed by atoms with Gasteiger partial charge in [0.05, 0.1) is 12.2 Å². The average molecular weight is 345 g/mol.